The summed E-state index contributed by atoms with van der Waals surface area (Å²) in [6.07, 6.45) is -1.60. The molecule has 0 bridgehead atoms. The number of carbonyl (C=O) groups excluding carboxylic acids is 1. The van der Waals surface area contributed by atoms with E-state index in [-0.39, 0.29) is 23.0 Å². The first kappa shape index (κ1) is 12.7. The van der Waals surface area contributed by atoms with E-state index in [0.717, 1.165) is 10.6 Å². The van der Waals surface area contributed by atoms with E-state index in [1.165, 1.54) is 6.20 Å². The molecule has 0 atom stereocenters. The van der Waals surface area contributed by atoms with Crippen molar-refractivity contribution in [3.05, 3.63) is 28.7 Å². The van der Waals surface area contributed by atoms with Gasteiger partial charge in [0.05, 0.1) is 12.8 Å². The number of rotatable bonds is 3. The largest absolute Gasteiger partial charge is 0.462 e. The van der Waals surface area contributed by atoms with E-state index in [2.05, 4.69) is 10.1 Å². The van der Waals surface area contributed by atoms with E-state index in [0.29, 0.717) is 0 Å². The molecule has 0 aliphatic heterocycles. The lowest BCUT2D eigenvalue weighted by Crippen LogP contribution is -2.06. The van der Waals surface area contributed by atoms with Gasteiger partial charge in [0, 0.05) is 6.07 Å². The molecule has 0 fully saturated rings. The van der Waals surface area contributed by atoms with Gasteiger partial charge in [0.2, 0.25) is 0 Å². The predicted molar refractivity (Wildman–Crippen MR) is 58.9 cm³/mol. The zero-order chi connectivity index (χ0) is 13.3. The molecule has 96 valence electrons. The number of esters is 1. The first-order valence-corrected chi connectivity index (χ1v) is 5.41. The highest BCUT2D eigenvalue weighted by Crippen LogP contribution is 2.23. The zero-order valence-electron chi connectivity index (χ0n) is 9.23. The van der Waals surface area contributed by atoms with Crippen LogP contribution in [0.1, 0.15) is 29.4 Å². The quantitative estimate of drug-likeness (QED) is 0.638. The van der Waals surface area contributed by atoms with E-state index >= 15 is 0 Å². The van der Waals surface area contributed by atoms with Gasteiger partial charge in [-0.3, -0.25) is 0 Å². The zero-order valence-corrected chi connectivity index (χ0v) is 9.99. The van der Waals surface area contributed by atoms with Crippen molar-refractivity contribution in [3.8, 4) is 0 Å². The van der Waals surface area contributed by atoms with Crippen molar-refractivity contribution in [2.24, 2.45) is 0 Å². The lowest BCUT2D eigenvalue weighted by molar-refractivity contribution is 0.0528. The van der Waals surface area contributed by atoms with Crippen LogP contribution in [0.15, 0.2) is 12.3 Å². The van der Waals surface area contributed by atoms with E-state index < -0.39 is 18.1 Å². The normalized spacial score (nSPS) is 11.2. The van der Waals surface area contributed by atoms with Crippen LogP contribution in [0.2, 0.25) is 5.15 Å². The molecule has 8 heteroatoms. The third-order valence-electron chi connectivity index (χ3n) is 2.17. The van der Waals surface area contributed by atoms with Crippen LogP contribution in [0.4, 0.5) is 8.78 Å². The van der Waals surface area contributed by atoms with Crippen LogP contribution in [0.25, 0.3) is 5.65 Å². The smallest absolute Gasteiger partial charge is 0.343 e. The van der Waals surface area contributed by atoms with Gasteiger partial charge in [-0.1, -0.05) is 11.6 Å². The molecule has 2 aromatic heterocycles. The number of carbonyl (C=O) groups is 1. The average Bonchev–Trinajstić information content (AvgIpc) is 2.73. The van der Waals surface area contributed by atoms with E-state index in [1.807, 2.05) is 0 Å². The molecule has 0 aliphatic carbocycles. The van der Waals surface area contributed by atoms with Crippen LogP contribution in [-0.2, 0) is 4.74 Å². The maximum Gasteiger partial charge on any atom is 0.343 e. The number of ether oxygens (including phenoxy) is 1. The molecular weight excluding hydrogens is 268 g/mol. The Balaban J connectivity index is 2.60. The first-order valence-electron chi connectivity index (χ1n) is 5.04. The number of halogens is 3. The monoisotopic (exact) mass is 275 g/mol. The van der Waals surface area contributed by atoms with E-state index in [4.69, 9.17) is 16.3 Å². The molecule has 2 heterocycles. The van der Waals surface area contributed by atoms with Crippen LogP contribution in [-0.4, -0.2) is 27.2 Å². The van der Waals surface area contributed by atoms with Crippen molar-refractivity contribution < 1.29 is 18.3 Å². The Bertz CT molecular complexity index is 600. The van der Waals surface area contributed by atoms with Gasteiger partial charge in [0.1, 0.15) is 16.4 Å². The fourth-order valence-corrected chi connectivity index (χ4v) is 1.64. The SMILES string of the molecule is CCOC(=O)c1cnn2c(Cl)cc(C(F)F)nc12. The molecule has 0 unspecified atom stereocenters. The molecule has 0 amide bonds. The molecule has 2 aromatic rings. The highest BCUT2D eigenvalue weighted by Gasteiger charge is 2.19. The molecule has 2 rings (SSSR count). The molecule has 5 nitrogen and oxygen atoms in total. The summed E-state index contributed by atoms with van der Waals surface area (Å²) < 4.78 is 31.1. The van der Waals surface area contributed by atoms with E-state index in [9.17, 15) is 13.6 Å². The Kier molecular flexibility index (Phi) is 3.42. The highest BCUT2D eigenvalue weighted by molar-refractivity contribution is 6.29. The Morgan fingerprint density at radius 1 is 1.61 bits per heavy atom. The van der Waals surface area contributed by atoms with Crippen molar-refractivity contribution in [2.45, 2.75) is 13.3 Å². The fraction of sp³-hybridized carbons (Fsp3) is 0.300. The predicted octanol–water partition coefficient (Wildman–Crippen LogP) is 2.50. The number of nitrogens with zero attached hydrogens (tertiary/aromatic N) is 3. The number of fused-ring (bicyclic) bond motifs is 1. The Labute approximate surface area is 105 Å². The second-order valence-electron chi connectivity index (χ2n) is 3.32. The Hall–Kier alpha value is -1.76. The molecule has 18 heavy (non-hydrogen) atoms. The summed E-state index contributed by atoms with van der Waals surface area (Å²) >= 11 is 5.78. The third kappa shape index (κ3) is 2.13. The van der Waals surface area contributed by atoms with Gasteiger partial charge in [-0.05, 0) is 6.92 Å². The van der Waals surface area contributed by atoms with Crippen molar-refractivity contribution in [3.63, 3.8) is 0 Å². The van der Waals surface area contributed by atoms with Crippen LogP contribution in [0.3, 0.4) is 0 Å². The number of hydrogen-bond donors (Lipinski definition) is 0. The molecule has 0 saturated heterocycles. The number of aromatic nitrogens is 3. The first-order chi connectivity index (χ1) is 8.54. The topological polar surface area (TPSA) is 56.5 Å². The molecule has 0 N–H and O–H groups in total. The van der Waals surface area contributed by atoms with Gasteiger partial charge in [0.25, 0.3) is 6.43 Å². The number of hydrogen-bond acceptors (Lipinski definition) is 4. The standard InChI is InChI=1S/C10H8ClF2N3O2/c1-2-18-10(17)5-4-14-16-7(11)3-6(8(12)13)15-9(5)16/h3-4,8H,2H2,1H3. The van der Waals surface area contributed by atoms with Crippen LogP contribution in [0, 0.1) is 0 Å². The van der Waals surface area contributed by atoms with Gasteiger partial charge in [-0.25, -0.2) is 23.1 Å². The molecular formula is C10H8ClF2N3O2. The second-order valence-corrected chi connectivity index (χ2v) is 3.71. The summed E-state index contributed by atoms with van der Waals surface area (Å²) in [5.74, 6) is -0.678. The summed E-state index contributed by atoms with van der Waals surface area (Å²) in [5, 5.41) is 3.75. The van der Waals surface area contributed by atoms with Crippen molar-refractivity contribution in [1.82, 2.24) is 14.6 Å². The van der Waals surface area contributed by atoms with Crippen molar-refractivity contribution in [1.29, 1.82) is 0 Å². The lowest BCUT2D eigenvalue weighted by atomic mass is 10.3. The van der Waals surface area contributed by atoms with Crippen LogP contribution in [0.5, 0.6) is 0 Å². The summed E-state index contributed by atoms with van der Waals surface area (Å²) in [6, 6.07) is 1.00. The summed E-state index contributed by atoms with van der Waals surface area (Å²) in [6.45, 7) is 1.80. The van der Waals surface area contributed by atoms with Crippen molar-refractivity contribution in [2.75, 3.05) is 6.61 Å². The average molecular weight is 276 g/mol. The maximum atomic E-state index is 12.6. The Morgan fingerprint density at radius 2 is 2.33 bits per heavy atom. The van der Waals surface area contributed by atoms with Gasteiger partial charge in [-0.2, -0.15) is 5.10 Å². The van der Waals surface area contributed by atoms with Gasteiger partial charge in [-0.15, -0.1) is 0 Å². The second kappa shape index (κ2) is 4.85. The minimum atomic E-state index is -2.78. The molecule has 0 radical (unpaired) electrons. The van der Waals surface area contributed by atoms with Gasteiger partial charge < -0.3 is 4.74 Å². The minimum Gasteiger partial charge on any atom is -0.462 e. The van der Waals surface area contributed by atoms with Gasteiger partial charge >= 0.3 is 5.97 Å². The summed E-state index contributed by atoms with van der Waals surface area (Å²) in [5.41, 5.74) is -0.559. The lowest BCUT2D eigenvalue weighted by Gasteiger charge is -2.03. The summed E-state index contributed by atoms with van der Waals surface area (Å²) in [7, 11) is 0. The van der Waals surface area contributed by atoms with Gasteiger partial charge in [0.15, 0.2) is 5.65 Å². The van der Waals surface area contributed by atoms with E-state index in [1.54, 1.807) is 6.92 Å². The summed E-state index contributed by atoms with van der Waals surface area (Å²) in [4.78, 5) is 15.2. The number of alkyl halides is 2. The fourth-order valence-electron chi connectivity index (χ4n) is 1.41. The Morgan fingerprint density at radius 3 is 2.94 bits per heavy atom. The van der Waals surface area contributed by atoms with Crippen LogP contribution >= 0.6 is 11.6 Å². The maximum absolute atomic E-state index is 12.6. The molecule has 0 aliphatic rings. The van der Waals surface area contributed by atoms with Crippen LogP contribution < -0.4 is 0 Å². The highest BCUT2D eigenvalue weighted by atomic mass is 35.5. The molecule has 0 aromatic carbocycles. The minimum absolute atomic E-state index is 0.00116. The molecule has 0 spiro atoms. The molecule has 0 saturated carbocycles. The third-order valence-corrected chi connectivity index (χ3v) is 2.44. The van der Waals surface area contributed by atoms with Crippen molar-refractivity contribution >= 4 is 23.2 Å².